The predicted molar refractivity (Wildman–Crippen MR) is 89.8 cm³/mol. The zero-order chi connectivity index (χ0) is 16.7. The molecule has 2 aromatic heterocycles. The highest BCUT2D eigenvalue weighted by atomic mass is 16.4. The molecule has 1 N–H and O–H groups in total. The van der Waals surface area contributed by atoms with Crippen LogP contribution in [0.2, 0.25) is 0 Å². The van der Waals surface area contributed by atoms with Crippen molar-refractivity contribution in [2.45, 2.75) is 0 Å². The fourth-order valence-corrected chi connectivity index (χ4v) is 2.71. The highest BCUT2D eigenvalue weighted by molar-refractivity contribution is 5.98. The van der Waals surface area contributed by atoms with Gasteiger partial charge in [-0.15, -0.1) is 10.2 Å². The van der Waals surface area contributed by atoms with Gasteiger partial charge in [-0.3, -0.25) is 4.40 Å². The molecule has 0 aliphatic heterocycles. The van der Waals surface area contributed by atoms with E-state index in [4.69, 9.17) is 0 Å². The van der Waals surface area contributed by atoms with Crippen LogP contribution < -0.4 is 4.90 Å². The van der Waals surface area contributed by atoms with Gasteiger partial charge in [0.05, 0.1) is 11.1 Å². The number of carboxylic acid groups (broad SMARTS) is 1. The summed E-state index contributed by atoms with van der Waals surface area (Å²) in [7, 11) is 1.91. The quantitative estimate of drug-likeness (QED) is 0.625. The Balaban J connectivity index is 2.02. The van der Waals surface area contributed by atoms with Crippen molar-refractivity contribution < 1.29 is 9.90 Å². The minimum atomic E-state index is -0.979. The van der Waals surface area contributed by atoms with Crippen LogP contribution in [0, 0.1) is 0 Å². The van der Waals surface area contributed by atoms with E-state index in [2.05, 4.69) is 15.2 Å². The number of anilines is 2. The minimum Gasteiger partial charge on any atom is -0.478 e. The van der Waals surface area contributed by atoms with Crippen molar-refractivity contribution in [1.29, 1.82) is 0 Å². The number of para-hydroxylation sites is 1. The number of rotatable bonds is 3. The first kappa shape index (κ1) is 14.1. The molecular formula is C17H13N5O2. The van der Waals surface area contributed by atoms with Crippen LogP contribution in [0.1, 0.15) is 10.4 Å². The number of carbonyl (C=O) groups is 1. The zero-order valence-corrected chi connectivity index (χ0v) is 12.8. The average Bonchev–Trinajstić information content (AvgIpc) is 3.09. The molecule has 0 saturated carbocycles. The van der Waals surface area contributed by atoms with E-state index in [0.717, 1.165) is 11.1 Å². The summed E-state index contributed by atoms with van der Waals surface area (Å²) in [6.07, 6.45) is 1.53. The number of hydrogen-bond donors (Lipinski definition) is 1. The summed E-state index contributed by atoms with van der Waals surface area (Å²) in [6, 6.07) is 14.8. The first-order valence-electron chi connectivity index (χ1n) is 7.31. The third-order valence-corrected chi connectivity index (χ3v) is 3.94. The van der Waals surface area contributed by atoms with E-state index in [1.165, 1.54) is 6.33 Å². The lowest BCUT2D eigenvalue weighted by Gasteiger charge is -2.20. The maximum Gasteiger partial charge on any atom is 0.335 e. The van der Waals surface area contributed by atoms with Gasteiger partial charge in [0.15, 0.2) is 0 Å². The highest BCUT2D eigenvalue weighted by Crippen LogP contribution is 2.30. The van der Waals surface area contributed by atoms with Crippen LogP contribution in [0.4, 0.5) is 11.5 Å². The molecule has 0 spiro atoms. The smallest absolute Gasteiger partial charge is 0.335 e. The topological polar surface area (TPSA) is 83.6 Å². The molecule has 2 heterocycles. The van der Waals surface area contributed by atoms with Crippen molar-refractivity contribution in [3.63, 3.8) is 0 Å². The Hall–Kier alpha value is -3.48. The molecule has 24 heavy (non-hydrogen) atoms. The second kappa shape index (κ2) is 5.31. The normalized spacial score (nSPS) is 11.0. The average molecular weight is 319 g/mol. The molecule has 0 saturated heterocycles. The molecule has 0 bridgehead atoms. The number of fused-ring (bicyclic) bond motifs is 3. The molecule has 0 radical (unpaired) electrons. The van der Waals surface area contributed by atoms with Crippen molar-refractivity contribution in [1.82, 2.24) is 19.6 Å². The van der Waals surface area contributed by atoms with Crippen LogP contribution in [-0.2, 0) is 0 Å². The second-order valence-electron chi connectivity index (χ2n) is 5.37. The van der Waals surface area contributed by atoms with Gasteiger partial charge < -0.3 is 10.0 Å². The molecule has 0 atom stereocenters. The molecule has 7 nitrogen and oxygen atoms in total. The van der Waals surface area contributed by atoms with E-state index in [1.807, 2.05) is 42.3 Å². The van der Waals surface area contributed by atoms with Gasteiger partial charge in [-0.1, -0.05) is 18.2 Å². The predicted octanol–water partition coefficient (Wildman–Crippen LogP) is 2.74. The Morgan fingerprint density at radius 1 is 1.17 bits per heavy atom. The lowest BCUT2D eigenvalue weighted by molar-refractivity contribution is 0.0697. The van der Waals surface area contributed by atoms with Crippen molar-refractivity contribution in [3.8, 4) is 0 Å². The van der Waals surface area contributed by atoms with Crippen molar-refractivity contribution in [3.05, 3.63) is 60.4 Å². The summed E-state index contributed by atoms with van der Waals surface area (Å²) in [5, 5.41) is 18.0. The summed E-state index contributed by atoms with van der Waals surface area (Å²) < 4.78 is 1.68. The monoisotopic (exact) mass is 319 g/mol. The SMILES string of the molecule is CN(c1ccccc1)c1nc2nncn2c2cc(C(=O)O)ccc12. The summed E-state index contributed by atoms with van der Waals surface area (Å²) in [6.45, 7) is 0. The summed E-state index contributed by atoms with van der Waals surface area (Å²) in [5.74, 6) is 0.129. The van der Waals surface area contributed by atoms with Crippen LogP contribution in [0.5, 0.6) is 0 Å². The van der Waals surface area contributed by atoms with Crippen molar-refractivity contribution in [2.75, 3.05) is 11.9 Å². The van der Waals surface area contributed by atoms with Gasteiger partial charge in [-0.2, -0.15) is 4.98 Å². The highest BCUT2D eigenvalue weighted by Gasteiger charge is 2.16. The molecule has 4 aromatic rings. The summed E-state index contributed by atoms with van der Waals surface area (Å²) in [4.78, 5) is 17.8. The van der Waals surface area contributed by atoms with Gasteiger partial charge in [0.25, 0.3) is 5.78 Å². The number of carboxylic acids is 1. The third kappa shape index (κ3) is 2.14. The zero-order valence-electron chi connectivity index (χ0n) is 12.8. The number of nitrogens with zero attached hydrogens (tertiary/aromatic N) is 5. The van der Waals surface area contributed by atoms with Gasteiger partial charge in [-0.05, 0) is 30.3 Å². The number of hydrogen-bond acceptors (Lipinski definition) is 5. The van der Waals surface area contributed by atoms with E-state index in [-0.39, 0.29) is 5.56 Å². The molecule has 0 amide bonds. The van der Waals surface area contributed by atoms with Gasteiger partial charge in [-0.25, -0.2) is 4.79 Å². The maximum atomic E-state index is 11.3. The third-order valence-electron chi connectivity index (χ3n) is 3.94. The second-order valence-corrected chi connectivity index (χ2v) is 5.37. The molecule has 0 fully saturated rings. The van der Waals surface area contributed by atoms with E-state index in [9.17, 15) is 9.90 Å². The van der Waals surface area contributed by atoms with E-state index < -0.39 is 5.97 Å². The number of aromatic carboxylic acids is 1. The Kier molecular flexibility index (Phi) is 3.13. The van der Waals surface area contributed by atoms with Gasteiger partial charge in [0.1, 0.15) is 12.1 Å². The largest absolute Gasteiger partial charge is 0.478 e. The van der Waals surface area contributed by atoms with Crippen LogP contribution >= 0.6 is 0 Å². The van der Waals surface area contributed by atoms with Crippen LogP contribution in [0.15, 0.2) is 54.9 Å². The Bertz CT molecular complexity index is 1060. The molecule has 0 unspecified atom stereocenters. The molecule has 0 aliphatic rings. The standard InChI is InChI=1S/C17H13N5O2/c1-21(12-5-3-2-4-6-12)15-13-8-7-11(16(23)24)9-14(13)22-10-18-20-17(22)19-15/h2-10H,1H3,(H,23,24). The van der Waals surface area contributed by atoms with E-state index >= 15 is 0 Å². The molecule has 0 aliphatic carbocycles. The first-order chi connectivity index (χ1) is 11.6. The van der Waals surface area contributed by atoms with Crippen LogP contribution in [0.25, 0.3) is 16.7 Å². The van der Waals surface area contributed by atoms with Crippen molar-refractivity contribution >= 4 is 34.2 Å². The lowest BCUT2D eigenvalue weighted by atomic mass is 10.1. The van der Waals surface area contributed by atoms with E-state index in [1.54, 1.807) is 22.6 Å². The molecule has 2 aromatic carbocycles. The Morgan fingerprint density at radius 3 is 2.71 bits per heavy atom. The van der Waals surface area contributed by atoms with Crippen LogP contribution in [0.3, 0.4) is 0 Å². The van der Waals surface area contributed by atoms with Gasteiger partial charge in [0.2, 0.25) is 0 Å². The number of benzene rings is 2. The lowest BCUT2D eigenvalue weighted by Crippen LogP contribution is -2.13. The minimum absolute atomic E-state index is 0.206. The molecule has 4 rings (SSSR count). The summed E-state index contributed by atoms with van der Waals surface area (Å²) >= 11 is 0. The Morgan fingerprint density at radius 2 is 1.96 bits per heavy atom. The molecular weight excluding hydrogens is 306 g/mol. The molecule has 7 heteroatoms. The van der Waals surface area contributed by atoms with Gasteiger partial charge in [0, 0.05) is 18.1 Å². The number of aromatic nitrogens is 4. The van der Waals surface area contributed by atoms with Gasteiger partial charge >= 0.3 is 5.97 Å². The molecule has 118 valence electrons. The van der Waals surface area contributed by atoms with Crippen molar-refractivity contribution in [2.24, 2.45) is 0 Å². The van der Waals surface area contributed by atoms with E-state index in [0.29, 0.717) is 17.1 Å². The summed E-state index contributed by atoms with van der Waals surface area (Å²) in [5.41, 5.74) is 1.87. The fraction of sp³-hybridized carbons (Fsp3) is 0.0588. The maximum absolute atomic E-state index is 11.3. The van der Waals surface area contributed by atoms with Crippen LogP contribution in [-0.4, -0.2) is 37.7 Å². The first-order valence-corrected chi connectivity index (χ1v) is 7.31. The Labute approximate surface area is 136 Å². The fourth-order valence-electron chi connectivity index (χ4n) is 2.71.